The highest BCUT2D eigenvalue weighted by molar-refractivity contribution is 6.09. The van der Waals surface area contributed by atoms with E-state index in [4.69, 9.17) is 9.47 Å². The maximum Gasteiger partial charge on any atom is 0.326 e. The van der Waals surface area contributed by atoms with Gasteiger partial charge in [-0.3, -0.25) is 19.3 Å². The Morgan fingerprint density at radius 3 is 2.12 bits per heavy atom. The number of nitrogens with zero attached hydrogens (tertiary/aromatic N) is 2. The highest BCUT2D eigenvalue weighted by Crippen LogP contribution is 2.28. The lowest BCUT2D eigenvalue weighted by atomic mass is 10.0. The van der Waals surface area contributed by atoms with E-state index in [9.17, 15) is 27.6 Å². The normalized spacial score (nSPS) is 13.6. The number of halogens is 3. The first-order valence-electron chi connectivity index (χ1n) is 12.7. The van der Waals surface area contributed by atoms with Crippen LogP contribution in [0, 0.1) is 17.5 Å². The van der Waals surface area contributed by atoms with Gasteiger partial charge in [0, 0.05) is 36.5 Å². The fraction of sp³-hybridized carbons (Fsp3) is 0.300. The van der Waals surface area contributed by atoms with Crippen LogP contribution in [0.15, 0.2) is 60.7 Å². The van der Waals surface area contributed by atoms with Crippen molar-refractivity contribution in [1.29, 1.82) is 0 Å². The van der Waals surface area contributed by atoms with Crippen LogP contribution in [0.1, 0.15) is 41.5 Å². The summed E-state index contributed by atoms with van der Waals surface area (Å²) in [7, 11) is 0. The Kier molecular flexibility index (Phi) is 8.58. The van der Waals surface area contributed by atoms with Gasteiger partial charge in [0.1, 0.15) is 35.2 Å². The molecule has 0 radical (unpaired) electrons. The van der Waals surface area contributed by atoms with Crippen LogP contribution in [0.25, 0.3) is 11.1 Å². The lowest BCUT2D eigenvalue weighted by Crippen LogP contribution is -2.40. The minimum Gasteiger partial charge on any atom is -0.459 e. The molecule has 0 aliphatic carbocycles. The molecule has 0 unspecified atom stereocenters. The second kappa shape index (κ2) is 11.9. The number of anilines is 1. The van der Waals surface area contributed by atoms with Crippen LogP contribution < -0.4 is 4.90 Å². The van der Waals surface area contributed by atoms with Crippen molar-refractivity contribution in [2.45, 2.75) is 26.4 Å². The molecule has 1 aliphatic heterocycles. The molecule has 10 heteroatoms. The second-order valence-corrected chi connectivity index (χ2v) is 10.3. The molecule has 0 aromatic heterocycles. The average Bonchev–Trinajstić information content (AvgIpc) is 2.90. The molecular weight excluding hydrogens is 525 g/mol. The van der Waals surface area contributed by atoms with Crippen molar-refractivity contribution in [3.63, 3.8) is 0 Å². The molecule has 210 valence electrons. The maximum atomic E-state index is 14.5. The molecule has 0 atom stereocenters. The number of morpholine rings is 1. The monoisotopic (exact) mass is 554 g/mol. The van der Waals surface area contributed by atoms with Crippen molar-refractivity contribution < 1.29 is 37.0 Å². The third-order valence-electron chi connectivity index (χ3n) is 6.09. The summed E-state index contributed by atoms with van der Waals surface area (Å²) in [5.41, 5.74) is 0.103. The van der Waals surface area contributed by atoms with E-state index in [0.717, 1.165) is 4.90 Å². The Balaban J connectivity index is 1.66. The molecule has 0 N–H and O–H groups in total. The summed E-state index contributed by atoms with van der Waals surface area (Å²) in [5.74, 6) is -6.06. The van der Waals surface area contributed by atoms with Crippen LogP contribution in [0.3, 0.4) is 0 Å². The van der Waals surface area contributed by atoms with Gasteiger partial charge in [-0.05, 0) is 56.2 Å². The summed E-state index contributed by atoms with van der Waals surface area (Å²) >= 11 is 0. The molecule has 0 saturated carbocycles. The SMILES string of the molecule is CC(C)(C)OC(=O)CN(C(=O)c1c(F)cc(F)cc1F)c1cccc(-c2ccc(C(=O)N3CCOCC3)cc2)c1. The zero-order valence-corrected chi connectivity index (χ0v) is 22.4. The standard InChI is InChI=1S/C30H29F3N2O5/c1-30(2,3)40-26(36)18-35(29(38)27-24(32)16-22(31)17-25(27)33)23-6-4-5-21(15-23)19-7-9-20(10-8-19)28(37)34-11-13-39-14-12-34/h4-10,15-17H,11-14,18H2,1-3H3. The Morgan fingerprint density at radius 1 is 0.900 bits per heavy atom. The summed E-state index contributed by atoms with van der Waals surface area (Å²) in [5, 5.41) is 0. The highest BCUT2D eigenvalue weighted by Gasteiger charge is 2.29. The molecule has 2 amide bonds. The highest BCUT2D eigenvalue weighted by atomic mass is 19.1. The molecular formula is C30H29F3N2O5. The van der Waals surface area contributed by atoms with Crippen LogP contribution in [0.2, 0.25) is 0 Å². The molecule has 0 spiro atoms. The Morgan fingerprint density at radius 2 is 1.52 bits per heavy atom. The molecule has 7 nitrogen and oxygen atoms in total. The third-order valence-corrected chi connectivity index (χ3v) is 6.09. The molecule has 1 fully saturated rings. The van der Waals surface area contributed by atoms with Crippen LogP contribution in [0.5, 0.6) is 0 Å². The van der Waals surface area contributed by atoms with Gasteiger partial charge in [-0.25, -0.2) is 13.2 Å². The lowest BCUT2D eigenvalue weighted by molar-refractivity contribution is -0.152. The van der Waals surface area contributed by atoms with Gasteiger partial charge in [0.15, 0.2) is 0 Å². The predicted octanol–water partition coefficient (Wildman–Crippen LogP) is 5.23. The molecule has 0 bridgehead atoms. The van der Waals surface area contributed by atoms with Crippen LogP contribution in [0.4, 0.5) is 18.9 Å². The van der Waals surface area contributed by atoms with Crippen molar-refractivity contribution in [2.75, 3.05) is 37.7 Å². The van der Waals surface area contributed by atoms with E-state index in [2.05, 4.69) is 0 Å². The number of hydrogen-bond acceptors (Lipinski definition) is 5. The van der Waals surface area contributed by atoms with Crippen molar-refractivity contribution in [2.24, 2.45) is 0 Å². The van der Waals surface area contributed by atoms with E-state index in [0.29, 0.717) is 55.1 Å². The number of carbonyl (C=O) groups excluding carboxylic acids is 3. The Bertz CT molecular complexity index is 1390. The van der Waals surface area contributed by atoms with Crippen molar-refractivity contribution >= 4 is 23.5 Å². The minimum absolute atomic E-state index is 0.110. The van der Waals surface area contributed by atoms with E-state index in [1.165, 1.54) is 6.07 Å². The minimum atomic E-state index is -1.40. The van der Waals surface area contributed by atoms with Crippen LogP contribution in [-0.2, 0) is 14.3 Å². The summed E-state index contributed by atoms with van der Waals surface area (Å²) in [6.45, 7) is 6.28. The average molecular weight is 555 g/mol. The number of benzene rings is 3. The molecule has 1 heterocycles. The van der Waals surface area contributed by atoms with Crippen molar-refractivity contribution in [3.05, 3.63) is 89.2 Å². The Labute approximate surface area is 230 Å². The first-order valence-corrected chi connectivity index (χ1v) is 12.7. The smallest absolute Gasteiger partial charge is 0.326 e. The van der Waals surface area contributed by atoms with Gasteiger partial charge in [0.05, 0.1) is 13.2 Å². The first kappa shape index (κ1) is 28.8. The van der Waals surface area contributed by atoms with Gasteiger partial charge >= 0.3 is 5.97 Å². The molecule has 1 saturated heterocycles. The zero-order valence-electron chi connectivity index (χ0n) is 22.4. The van der Waals surface area contributed by atoms with E-state index < -0.39 is 47.0 Å². The van der Waals surface area contributed by atoms with Gasteiger partial charge < -0.3 is 14.4 Å². The fourth-order valence-corrected chi connectivity index (χ4v) is 4.27. The summed E-state index contributed by atoms with van der Waals surface area (Å²) < 4.78 is 53.2. The number of hydrogen-bond donors (Lipinski definition) is 0. The quantitative estimate of drug-likeness (QED) is 0.390. The zero-order chi connectivity index (χ0) is 29.0. The summed E-state index contributed by atoms with van der Waals surface area (Å²) in [6.07, 6.45) is 0. The number of carbonyl (C=O) groups is 3. The molecule has 1 aliphatic rings. The van der Waals surface area contributed by atoms with Crippen molar-refractivity contribution in [1.82, 2.24) is 4.90 Å². The summed E-state index contributed by atoms with van der Waals surface area (Å²) in [6, 6.07) is 14.1. The van der Waals surface area contributed by atoms with E-state index in [1.54, 1.807) is 68.1 Å². The maximum absolute atomic E-state index is 14.5. The molecule has 4 rings (SSSR count). The molecule has 40 heavy (non-hydrogen) atoms. The first-order chi connectivity index (χ1) is 18.9. The predicted molar refractivity (Wildman–Crippen MR) is 142 cm³/mol. The Hall–Kier alpha value is -4.18. The second-order valence-electron chi connectivity index (χ2n) is 10.3. The number of amides is 2. The lowest BCUT2D eigenvalue weighted by Gasteiger charge is -2.27. The van der Waals surface area contributed by atoms with Crippen molar-refractivity contribution in [3.8, 4) is 11.1 Å². The van der Waals surface area contributed by atoms with Gasteiger partial charge in [0.2, 0.25) is 0 Å². The van der Waals surface area contributed by atoms with E-state index >= 15 is 0 Å². The molecule has 3 aromatic rings. The van der Waals surface area contributed by atoms with Gasteiger partial charge in [-0.15, -0.1) is 0 Å². The topological polar surface area (TPSA) is 76.2 Å². The number of ether oxygens (including phenoxy) is 2. The summed E-state index contributed by atoms with van der Waals surface area (Å²) in [4.78, 5) is 41.4. The van der Waals surface area contributed by atoms with Crippen LogP contribution >= 0.6 is 0 Å². The third kappa shape index (κ3) is 6.87. The van der Waals surface area contributed by atoms with Gasteiger partial charge in [0.25, 0.3) is 11.8 Å². The van der Waals surface area contributed by atoms with E-state index in [-0.39, 0.29) is 11.6 Å². The van der Waals surface area contributed by atoms with E-state index in [1.807, 2.05) is 0 Å². The largest absolute Gasteiger partial charge is 0.459 e. The van der Waals surface area contributed by atoms with Gasteiger partial charge in [-0.2, -0.15) is 0 Å². The molecule has 3 aromatic carbocycles. The number of rotatable bonds is 6. The number of esters is 1. The van der Waals surface area contributed by atoms with Gasteiger partial charge in [-0.1, -0.05) is 24.3 Å². The van der Waals surface area contributed by atoms with Crippen LogP contribution in [-0.4, -0.2) is 61.1 Å². The fourth-order valence-electron chi connectivity index (χ4n) is 4.27.